The summed E-state index contributed by atoms with van der Waals surface area (Å²) in [5, 5.41) is 0. The lowest BCUT2D eigenvalue weighted by atomic mass is 10.1. The first kappa shape index (κ1) is 16.5. The van der Waals surface area contributed by atoms with Gasteiger partial charge in [-0.3, -0.25) is 0 Å². The van der Waals surface area contributed by atoms with Gasteiger partial charge in [0.2, 0.25) is 0 Å². The summed E-state index contributed by atoms with van der Waals surface area (Å²) in [5.74, 6) is 1.03. The molecule has 1 aliphatic heterocycles. The number of nitrogen functional groups attached to an aromatic ring is 1. The van der Waals surface area contributed by atoms with E-state index in [1.165, 1.54) is 0 Å². The van der Waals surface area contributed by atoms with Gasteiger partial charge in [-0.15, -0.1) is 0 Å². The molecular formula is C16H25N3O3. The van der Waals surface area contributed by atoms with Crippen LogP contribution < -0.4 is 10.6 Å². The lowest BCUT2D eigenvalue weighted by molar-refractivity contribution is -0.162. The van der Waals surface area contributed by atoms with E-state index in [9.17, 15) is 4.79 Å². The van der Waals surface area contributed by atoms with Crippen LogP contribution in [0.4, 0.5) is 11.6 Å². The van der Waals surface area contributed by atoms with Crippen molar-refractivity contribution in [3.05, 3.63) is 18.2 Å². The molecule has 1 aromatic heterocycles. The lowest BCUT2D eigenvalue weighted by Gasteiger charge is -2.33. The van der Waals surface area contributed by atoms with Gasteiger partial charge in [-0.05, 0) is 45.7 Å². The predicted octanol–water partition coefficient (Wildman–Crippen LogP) is 1.99. The Morgan fingerprint density at radius 1 is 1.45 bits per heavy atom. The highest BCUT2D eigenvalue weighted by molar-refractivity contribution is 5.71. The van der Waals surface area contributed by atoms with E-state index in [-0.39, 0.29) is 18.7 Å². The van der Waals surface area contributed by atoms with Crippen LogP contribution >= 0.6 is 0 Å². The summed E-state index contributed by atoms with van der Waals surface area (Å²) in [6.07, 6.45) is 1.93. The van der Waals surface area contributed by atoms with E-state index >= 15 is 0 Å². The number of hydrogen-bond donors (Lipinski definition) is 1. The zero-order valence-electron chi connectivity index (χ0n) is 13.5. The minimum Gasteiger partial charge on any atom is -0.458 e. The van der Waals surface area contributed by atoms with E-state index < -0.39 is 5.60 Å². The fourth-order valence-corrected chi connectivity index (χ4v) is 2.45. The zero-order valence-corrected chi connectivity index (χ0v) is 13.5. The van der Waals surface area contributed by atoms with Gasteiger partial charge in [0.1, 0.15) is 23.8 Å². The molecular weight excluding hydrogens is 282 g/mol. The number of piperidine rings is 1. The van der Waals surface area contributed by atoms with Crippen LogP contribution in [0.1, 0.15) is 33.6 Å². The Labute approximate surface area is 131 Å². The first-order chi connectivity index (χ1) is 10.3. The molecule has 1 saturated heterocycles. The maximum atomic E-state index is 11.7. The van der Waals surface area contributed by atoms with Crippen LogP contribution in [-0.2, 0) is 14.3 Å². The number of pyridine rings is 1. The second kappa shape index (κ2) is 6.96. The van der Waals surface area contributed by atoms with Crippen molar-refractivity contribution in [3.8, 4) is 0 Å². The summed E-state index contributed by atoms with van der Waals surface area (Å²) >= 11 is 0. The first-order valence-corrected chi connectivity index (χ1v) is 7.64. The molecule has 6 nitrogen and oxygen atoms in total. The van der Waals surface area contributed by atoms with Gasteiger partial charge < -0.3 is 20.1 Å². The third kappa shape index (κ3) is 5.18. The number of carbonyl (C=O) groups is 1. The van der Waals surface area contributed by atoms with Gasteiger partial charge in [0, 0.05) is 13.1 Å². The molecule has 0 aliphatic carbocycles. The maximum Gasteiger partial charge on any atom is 0.332 e. The Balaban J connectivity index is 1.85. The third-order valence-electron chi connectivity index (χ3n) is 3.31. The Kier molecular flexibility index (Phi) is 5.24. The summed E-state index contributed by atoms with van der Waals surface area (Å²) in [7, 11) is 0. The van der Waals surface area contributed by atoms with E-state index in [1.807, 2.05) is 32.9 Å². The molecule has 0 bridgehead atoms. The number of anilines is 2. The summed E-state index contributed by atoms with van der Waals surface area (Å²) in [6, 6.07) is 5.60. The predicted molar refractivity (Wildman–Crippen MR) is 85.7 cm³/mol. The smallest absolute Gasteiger partial charge is 0.332 e. The van der Waals surface area contributed by atoms with Gasteiger partial charge in [-0.1, -0.05) is 6.07 Å². The molecule has 0 unspecified atom stereocenters. The van der Waals surface area contributed by atoms with Crippen LogP contribution in [0.25, 0.3) is 0 Å². The number of aromatic nitrogens is 1. The van der Waals surface area contributed by atoms with Crippen LogP contribution in [0, 0.1) is 0 Å². The Morgan fingerprint density at radius 3 is 2.91 bits per heavy atom. The number of nitrogens with zero attached hydrogens (tertiary/aromatic N) is 2. The van der Waals surface area contributed by atoms with E-state index in [0.717, 1.165) is 25.2 Å². The second-order valence-electron chi connectivity index (χ2n) is 6.53. The van der Waals surface area contributed by atoms with Gasteiger partial charge in [-0.2, -0.15) is 0 Å². The third-order valence-corrected chi connectivity index (χ3v) is 3.31. The normalized spacial score (nSPS) is 19.0. The van der Waals surface area contributed by atoms with Crippen LogP contribution in [0.15, 0.2) is 18.2 Å². The molecule has 0 aromatic carbocycles. The minimum atomic E-state index is -0.482. The van der Waals surface area contributed by atoms with Gasteiger partial charge in [0.05, 0.1) is 6.10 Å². The number of rotatable bonds is 4. The maximum absolute atomic E-state index is 11.7. The topological polar surface area (TPSA) is 77.7 Å². The molecule has 1 aliphatic rings. The highest BCUT2D eigenvalue weighted by Gasteiger charge is 2.23. The molecule has 2 N–H and O–H groups in total. The average molecular weight is 307 g/mol. The molecule has 6 heteroatoms. The molecule has 1 atom stereocenters. The molecule has 2 rings (SSSR count). The van der Waals surface area contributed by atoms with Crippen molar-refractivity contribution < 1.29 is 14.3 Å². The molecule has 0 amide bonds. The monoisotopic (exact) mass is 307 g/mol. The van der Waals surface area contributed by atoms with Gasteiger partial charge >= 0.3 is 5.97 Å². The van der Waals surface area contributed by atoms with Gasteiger partial charge in [0.25, 0.3) is 0 Å². The quantitative estimate of drug-likeness (QED) is 0.857. The number of ether oxygens (including phenoxy) is 2. The van der Waals surface area contributed by atoms with E-state index in [1.54, 1.807) is 6.07 Å². The summed E-state index contributed by atoms with van der Waals surface area (Å²) in [4.78, 5) is 18.2. The van der Waals surface area contributed by atoms with Crippen molar-refractivity contribution in [1.82, 2.24) is 4.98 Å². The van der Waals surface area contributed by atoms with Crippen molar-refractivity contribution in [2.24, 2.45) is 0 Å². The number of nitrogens with two attached hydrogens (primary N) is 1. The van der Waals surface area contributed by atoms with Gasteiger partial charge in [-0.25, -0.2) is 9.78 Å². The molecule has 0 saturated carbocycles. The van der Waals surface area contributed by atoms with Crippen LogP contribution in [0.3, 0.4) is 0 Å². The van der Waals surface area contributed by atoms with Crippen molar-refractivity contribution in [2.45, 2.75) is 45.3 Å². The Bertz CT molecular complexity index is 514. The Morgan fingerprint density at radius 2 is 2.23 bits per heavy atom. The van der Waals surface area contributed by atoms with Crippen LogP contribution in [0.2, 0.25) is 0 Å². The minimum absolute atomic E-state index is 0.00417. The zero-order chi connectivity index (χ0) is 16.2. The molecule has 0 radical (unpaired) electrons. The molecule has 22 heavy (non-hydrogen) atoms. The summed E-state index contributed by atoms with van der Waals surface area (Å²) < 4.78 is 10.9. The van der Waals surface area contributed by atoms with E-state index in [2.05, 4.69) is 9.88 Å². The number of hydrogen-bond acceptors (Lipinski definition) is 6. The Hall–Kier alpha value is -1.82. The van der Waals surface area contributed by atoms with Crippen LogP contribution in [-0.4, -0.2) is 42.4 Å². The molecule has 2 heterocycles. The molecule has 1 fully saturated rings. The highest BCUT2D eigenvalue weighted by Crippen LogP contribution is 2.20. The molecule has 1 aromatic rings. The molecule has 122 valence electrons. The summed E-state index contributed by atoms with van der Waals surface area (Å²) in [6.45, 7) is 7.15. The number of esters is 1. The van der Waals surface area contributed by atoms with Crippen molar-refractivity contribution in [2.75, 3.05) is 30.3 Å². The summed E-state index contributed by atoms with van der Waals surface area (Å²) in [5.41, 5.74) is 5.25. The van der Waals surface area contributed by atoms with Crippen molar-refractivity contribution in [1.29, 1.82) is 0 Å². The lowest BCUT2D eigenvalue weighted by Crippen LogP contribution is -2.41. The number of carbonyl (C=O) groups excluding carboxylic acids is 1. The standard InChI is InChI=1S/C16H25N3O3/c1-16(2,3)22-15(20)11-21-12-6-5-9-19(10-12)14-8-4-7-13(17)18-14/h4,7-8,12H,5-6,9-11H2,1-3H3,(H2,17,18)/t12-/m0/s1. The largest absolute Gasteiger partial charge is 0.458 e. The first-order valence-electron chi connectivity index (χ1n) is 7.64. The van der Waals surface area contributed by atoms with Crippen molar-refractivity contribution >= 4 is 17.6 Å². The fraction of sp³-hybridized carbons (Fsp3) is 0.625. The molecule has 0 spiro atoms. The average Bonchev–Trinajstić information content (AvgIpc) is 2.44. The van der Waals surface area contributed by atoms with Crippen molar-refractivity contribution in [3.63, 3.8) is 0 Å². The van der Waals surface area contributed by atoms with E-state index in [4.69, 9.17) is 15.2 Å². The second-order valence-corrected chi connectivity index (χ2v) is 6.53. The van der Waals surface area contributed by atoms with E-state index in [0.29, 0.717) is 12.4 Å². The highest BCUT2D eigenvalue weighted by atomic mass is 16.6. The van der Waals surface area contributed by atoms with Gasteiger partial charge in [0.15, 0.2) is 0 Å². The van der Waals surface area contributed by atoms with Crippen LogP contribution in [0.5, 0.6) is 0 Å². The SMILES string of the molecule is CC(C)(C)OC(=O)CO[C@H]1CCCN(c2cccc(N)n2)C1. The fourth-order valence-electron chi connectivity index (χ4n) is 2.45.